The normalized spacial score (nSPS) is 16.5. The number of piperidine rings is 1. The fraction of sp³-hybridized carbons (Fsp3) is 0.524. The summed E-state index contributed by atoms with van der Waals surface area (Å²) in [5, 5.41) is 3.90. The molecular weight excluding hydrogens is 372 g/mol. The Bertz CT molecular complexity index is 851. The molecule has 0 aliphatic carbocycles. The van der Waals surface area contributed by atoms with Crippen molar-refractivity contribution in [3.05, 3.63) is 41.5 Å². The van der Waals surface area contributed by atoms with Crippen molar-refractivity contribution in [1.29, 1.82) is 0 Å². The molecule has 0 radical (unpaired) electrons. The van der Waals surface area contributed by atoms with Crippen molar-refractivity contribution in [2.24, 2.45) is 0 Å². The molecule has 0 N–H and O–H groups in total. The van der Waals surface area contributed by atoms with Crippen molar-refractivity contribution in [3.8, 4) is 5.75 Å². The van der Waals surface area contributed by atoms with Gasteiger partial charge in [-0.1, -0.05) is 17.3 Å². The zero-order chi connectivity index (χ0) is 20.8. The lowest BCUT2D eigenvalue weighted by atomic mass is 10.0. The lowest BCUT2D eigenvalue weighted by Crippen LogP contribution is -2.52. The number of methoxy groups -OCH3 is 1. The number of carbonyl (C=O) groups is 2. The van der Waals surface area contributed by atoms with Crippen LogP contribution in [0, 0.1) is 6.92 Å². The molecule has 1 atom stereocenters. The summed E-state index contributed by atoms with van der Waals surface area (Å²) in [6.07, 6.45) is 2.62. The first-order valence-electron chi connectivity index (χ1n) is 9.93. The van der Waals surface area contributed by atoms with E-state index in [9.17, 15) is 9.59 Å². The summed E-state index contributed by atoms with van der Waals surface area (Å²) in [7, 11) is 1.61. The second-order valence-corrected chi connectivity index (χ2v) is 7.36. The van der Waals surface area contributed by atoms with Crippen LogP contribution in [0.1, 0.15) is 37.0 Å². The number of amides is 2. The summed E-state index contributed by atoms with van der Waals surface area (Å²) >= 11 is 0. The highest BCUT2D eigenvalue weighted by atomic mass is 16.5. The molecule has 1 fully saturated rings. The average molecular weight is 400 g/mol. The molecule has 1 aliphatic rings. The molecule has 8 nitrogen and oxygen atoms in total. The Morgan fingerprint density at radius 3 is 2.90 bits per heavy atom. The van der Waals surface area contributed by atoms with Crippen molar-refractivity contribution in [2.75, 3.05) is 26.7 Å². The van der Waals surface area contributed by atoms with Crippen LogP contribution in [0.3, 0.4) is 0 Å². The molecular formula is C21H28N4O4. The van der Waals surface area contributed by atoms with Crippen molar-refractivity contribution in [2.45, 2.75) is 45.6 Å². The van der Waals surface area contributed by atoms with E-state index in [4.69, 9.17) is 9.26 Å². The minimum Gasteiger partial charge on any atom is -0.497 e. The fourth-order valence-corrected chi connectivity index (χ4v) is 3.76. The largest absolute Gasteiger partial charge is 0.497 e. The molecule has 3 rings (SSSR count). The van der Waals surface area contributed by atoms with Gasteiger partial charge in [-0.15, -0.1) is 0 Å². The van der Waals surface area contributed by atoms with Crippen LogP contribution < -0.4 is 4.74 Å². The van der Waals surface area contributed by atoms with Gasteiger partial charge in [0, 0.05) is 45.9 Å². The van der Waals surface area contributed by atoms with Crippen LogP contribution in [0.15, 0.2) is 28.8 Å². The molecule has 156 valence electrons. The maximum atomic E-state index is 12.8. The Labute approximate surface area is 170 Å². The Hall–Kier alpha value is -2.90. The minimum absolute atomic E-state index is 0.00249. The highest BCUT2D eigenvalue weighted by molar-refractivity contribution is 5.79. The number of hydrogen-bond donors (Lipinski definition) is 0. The lowest BCUT2D eigenvalue weighted by molar-refractivity contribution is -0.138. The molecule has 1 aliphatic heterocycles. The molecule has 1 aromatic carbocycles. The number of rotatable bonds is 7. The van der Waals surface area contributed by atoms with Crippen LogP contribution in [-0.4, -0.2) is 64.5 Å². The van der Waals surface area contributed by atoms with E-state index in [-0.39, 0.29) is 17.9 Å². The molecule has 0 bridgehead atoms. The fourth-order valence-electron chi connectivity index (χ4n) is 3.76. The van der Waals surface area contributed by atoms with E-state index in [1.54, 1.807) is 21.0 Å². The molecule has 1 unspecified atom stereocenters. The molecule has 8 heteroatoms. The molecule has 1 aromatic heterocycles. The highest BCUT2D eigenvalue weighted by Gasteiger charge is 2.29. The summed E-state index contributed by atoms with van der Waals surface area (Å²) in [5.74, 6) is 1.92. The van der Waals surface area contributed by atoms with E-state index in [0.717, 1.165) is 30.7 Å². The first-order chi connectivity index (χ1) is 14.0. The van der Waals surface area contributed by atoms with Gasteiger partial charge in [0.15, 0.2) is 5.82 Å². The SMILES string of the molecule is COc1cccc(CC(=O)N2CCCC(N(CCc3noc(C)n3)C(C)=O)C2)c1. The van der Waals surface area contributed by atoms with Gasteiger partial charge in [0.05, 0.1) is 13.5 Å². The number of likely N-dealkylation sites (tertiary alicyclic amines) is 1. The maximum absolute atomic E-state index is 12.8. The summed E-state index contributed by atoms with van der Waals surface area (Å²) in [5.41, 5.74) is 0.923. The Morgan fingerprint density at radius 2 is 2.21 bits per heavy atom. The molecule has 0 spiro atoms. The van der Waals surface area contributed by atoms with Crippen molar-refractivity contribution >= 4 is 11.8 Å². The molecule has 1 saturated heterocycles. The third-order valence-electron chi connectivity index (χ3n) is 5.23. The standard InChI is InChI=1S/C21H28N4O4/c1-15-22-20(23-29-15)9-11-25(16(2)26)18-7-5-10-24(14-18)21(27)13-17-6-4-8-19(12-17)28-3/h4,6,8,12,18H,5,7,9-11,13-14H2,1-3H3. The van der Waals surface area contributed by atoms with Crippen molar-refractivity contribution in [1.82, 2.24) is 19.9 Å². The summed E-state index contributed by atoms with van der Waals surface area (Å²) < 4.78 is 10.2. The first-order valence-corrected chi connectivity index (χ1v) is 9.93. The third kappa shape index (κ3) is 5.56. The zero-order valence-corrected chi connectivity index (χ0v) is 17.3. The van der Waals surface area contributed by atoms with E-state index in [1.807, 2.05) is 34.1 Å². The Morgan fingerprint density at radius 1 is 1.38 bits per heavy atom. The van der Waals surface area contributed by atoms with Crippen molar-refractivity contribution in [3.63, 3.8) is 0 Å². The zero-order valence-electron chi connectivity index (χ0n) is 17.3. The quantitative estimate of drug-likeness (QED) is 0.706. The molecule has 29 heavy (non-hydrogen) atoms. The van der Waals surface area contributed by atoms with Crippen LogP contribution in [0.2, 0.25) is 0 Å². The average Bonchev–Trinajstić information content (AvgIpc) is 3.13. The highest BCUT2D eigenvalue weighted by Crippen LogP contribution is 2.19. The van der Waals surface area contributed by atoms with Crippen LogP contribution in [0.4, 0.5) is 0 Å². The predicted octanol–water partition coefficient (Wildman–Crippen LogP) is 2.01. The van der Waals surface area contributed by atoms with Gasteiger partial charge < -0.3 is 19.1 Å². The van der Waals surface area contributed by atoms with E-state index in [2.05, 4.69) is 10.1 Å². The van der Waals surface area contributed by atoms with Crippen molar-refractivity contribution < 1.29 is 18.8 Å². The monoisotopic (exact) mass is 400 g/mol. The Balaban J connectivity index is 1.60. The summed E-state index contributed by atoms with van der Waals surface area (Å²) in [6, 6.07) is 7.56. The van der Waals surface area contributed by atoms with E-state index in [1.165, 1.54) is 0 Å². The van der Waals surface area contributed by atoms with E-state index >= 15 is 0 Å². The topological polar surface area (TPSA) is 88.8 Å². The molecule has 2 amide bonds. The molecule has 2 aromatic rings. The van der Waals surface area contributed by atoms with Gasteiger partial charge in [-0.25, -0.2) is 0 Å². The number of aromatic nitrogens is 2. The number of carbonyl (C=O) groups excluding carboxylic acids is 2. The minimum atomic E-state index is -0.00249. The molecule has 0 saturated carbocycles. The van der Waals surface area contributed by atoms with Gasteiger partial charge in [-0.05, 0) is 30.5 Å². The molecule has 2 heterocycles. The van der Waals surface area contributed by atoms with Gasteiger partial charge in [-0.3, -0.25) is 9.59 Å². The van der Waals surface area contributed by atoms with Crippen LogP contribution in [0.25, 0.3) is 0 Å². The van der Waals surface area contributed by atoms with E-state index in [0.29, 0.717) is 37.6 Å². The van der Waals surface area contributed by atoms with Crippen LogP contribution in [-0.2, 0) is 22.4 Å². The second-order valence-electron chi connectivity index (χ2n) is 7.36. The number of benzene rings is 1. The van der Waals surface area contributed by atoms with Gasteiger partial charge >= 0.3 is 0 Å². The van der Waals surface area contributed by atoms with Crippen LogP contribution >= 0.6 is 0 Å². The third-order valence-corrected chi connectivity index (χ3v) is 5.23. The van der Waals surface area contributed by atoms with Gasteiger partial charge in [0.1, 0.15) is 5.75 Å². The van der Waals surface area contributed by atoms with Gasteiger partial charge in [-0.2, -0.15) is 4.98 Å². The number of aryl methyl sites for hydroxylation is 1. The van der Waals surface area contributed by atoms with Crippen LogP contribution in [0.5, 0.6) is 5.75 Å². The Kier molecular flexibility index (Phi) is 6.85. The van der Waals surface area contributed by atoms with Gasteiger partial charge in [0.2, 0.25) is 17.7 Å². The smallest absolute Gasteiger partial charge is 0.227 e. The maximum Gasteiger partial charge on any atom is 0.227 e. The van der Waals surface area contributed by atoms with Gasteiger partial charge in [0.25, 0.3) is 0 Å². The number of ether oxygens (including phenoxy) is 1. The number of hydrogen-bond acceptors (Lipinski definition) is 6. The lowest BCUT2D eigenvalue weighted by Gasteiger charge is -2.39. The predicted molar refractivity (Wildman–Crippen MR) is 106 cm³/mol. The van der Waals surface area contributed by atoms with E-state index < -0.39 is 0 Å². The second kappa shape index (κ2) is 9.54. The summed E-state index contributed by atoms with van der Waals surface area (Å²) in [4.78, 5) is 33.0. The first kappa shape index (κ1) is 20.8. The summed E-state index contributed by atoms with van der Waals surface area (Å²) in [6.45, 7) is 5.09. The number of nitrogens with zero attached hydrogens (tertiary/aromatic N) is 4.